The van der Waals surface area contributed by atoms with Gasteiger partial charge >= 0.3 is 0 Å². The van der Waals surface area contributed by atoms with Crippen LogP contribution < -0.4 is 11.5 Å². The predicted molar refractivity (Wildman–Crippen MR) is 56.3 cm³/mol. The van der Waals surface area contributed by atoms with Gasteiger partial charge in [-0.05, 0) is 22.0 Å². The fourth-order valence-electron chi connectivity index (χ4n) is 1.08. The number of rotatable bonds is 1. The average molecular weight is 255 g/mol. The lowest BCUT2D eigenvalue weighted by Gasteiger charge is -2.00. The van der Waals surface area contributed by atoms with Crippen molar-refractivity contribution in [1.82, 2.24) is 9.97 Å². The molecule has 2 heterocycles. The number of nitrogens with two attached hydrogens (primary N) is 2. The first-order chi connectivity index (χ1) is 6.66. The average Bonchev–Trinajstić information content (AvgIpc) is 2.49. The molecule has 0 atom stereocenters. The molecule has 0 bridgehead atoms. The minimum Gasteiger partial charge on any atom is -0.461 e. The maximum Gasteiger partial charge on any atom is 0.222 e. The van der Waals surface area contributed by atoms with Gasteiger partial charge in [0, 0.05) is 6.07 Å². The molecule has 0 saturated heterocycles. The Balaban J connectivity index is 2.57. The molecular formula is C8H7BrN4O. The van der Waals surface area contributed by atoms with Crippen molar-refractivity contribution in [3.8, 4) is 11.5 Å². The van der Waals surface area contributed by atoms with E-state index in [2.05, 4.69) is 25.9 Å². The van der Waals surface area contributed by atoms with E-state index in [1.54, 1.807) is 18.4 Å². The predicted octanol–water partition coefficient (Wildman–Crippen LogP) is 1.66. The smallest absolute Gasteiger partial charge is 0.222 e. The van der Waals surface area contributed by atoms with Crippen LogP contribution in [0.25, 0.3) is 11.5 Å². The Bertz CT molecular complexity index is 448. The number of halogens is 1. The molecule has 2 rings (SSSR count). The van der Waals surface area contributed by atoms with E-state index in [-0.39, 0.29) is 5.95 Å². The van der Waals surface area contributed by atoms with Crippen LogP contribution in [0.5, 0.6) is 0 Å². The SMILES string of the molecule is Nc1cc(-c2occc2Br)nc(N)n1. The first-order valence-electron chi connectivity index (χ1n) is 3.80. The van der Waals surface area contributed by atoms with Crippen molar-refractivity contribution in [1.29, 1.82) is 0 Å². The van der Waals surface area contributed by atoms with E-state index < -0.39 is 0 Å². The monoisotopic (exact) mass is 254 g/mol. The number of hydrogen-bond acceptors (Lipinski definition) is 5. The number of hydrogen-bond donors (Lipinski definition) is 2. The summed E-state index contributed by atoms with van der Waals surface area (Å²) in [4.78, 5) is 7.76. The molecule has 5 nitrogen and oxygen atoms in total. The maximum atomic E-state index is 5.53. The quantitative estimate of drug-likeness (QED) is 0.808. The van der Waals surface area contributed by atoms with Gasteiger partial charge in [0.25, 0.3) is 0 Å². The van der Waals surface area contributed by atoms with Crippen molar-refractivity contribution in [2.24, 2.45) is 0 Å². The van der Waals surface area contributed by atoms with Crippen LogP contribution in [0.1, 0.15) is 0 Å². The Kier molecular flexibility index (Phi) is 2.12. The van der Waals surface area contributed by atoms with Gasteiger partial charge in [-0.3, -0.25) is 0 Å². The molecule has 0 amide bonds. The van der Waals surface area contributed by atoms with Crippen LogP contribution in [0, 0.1) is 0 Å². The highest BCUT2D eigenvalue weighted by atomic mass is 79.9. The van der Waals surface area contributed by atoms with Crippen molar-refractivity contribution >= 4 is 27.7 Å². The van der Waals surface area contributed by atoms with Gasteiger partial charge < -0.3 is 15.9 Å². The first kappa shape index (κ1) is 9.01. The molecule has 2 aromatic rings. The molecule has 0 saturated carbocycles. The zero-order valence-electron chi connectivity index (χ0n) is 7.07. The summed E-state index contributed by atoms with van der Waals surface area (Å²) in [5, 5.41) is 0. The Morgan fingerprint density at radius 2 is 2.07 bits per heavy atom. The van der Waals surface area contributed by atoms with Crippen LogP contribution in [0.15, 0.2) is 27.3 Å². The van der Waals surface area contributed by atoms with E-state index >= 15 is 0 Å². The third kappa shape index (κ3) is 1.56. The number of anilines is 2. The van der Waals surface area contributed by atoms with Gasteiger partial charge in [-0.1, -0.05) is 0 Å². The second-order valence-electron chi connectivity index (χ2n) is 2.63. The Morgan fingerprint density at radius 1 is 1.29 bits per heavy atom. The molecule has 14 heavy (non-hydrogen) atoms. The second kappa shape index (κ2) is 3.30. The standard InChI is InChI=1S/C8H7BrN4O/c9-4-1-2-14-7(4)5-3-6(10)13-8(11)12-5/h1-3H,(H4,10,11,12,13). The van der Waals surface area contributed by atoms with Crippen molar-refractivity contribution in [2.45, 2.75) is 0 Å². The summed E-state index contributed by atoms with van der Waals surface area (Å²) in [5.74, 6) is 1.03. The largest absolute Gasteiger partial charge is 0.461 e. The molecule has 0 unspecified atom stereocenters. The molecule has 0 fully saturated rings. The van der Waals surface area contributed by atoms with Gasteiger partial charge in [-0.25, -0.2) is 4.98 Å². The Hall–Kier alpha value is -1.56. The number of aromatic nitrogens is 2. The third-order valence-electron chi connectivity index (χ3n) is 1.61. The minimum absolute atomic E-state index is 0.128. The fraction of sp³-hybridized carbons (Fsp3) is 0. The number of nitrogens with zero attached hydrogens (tertiary/aromatic N) is 2. The normalized spacial score (nSPS) is 10.4. The van der Waals surface area contributed by atoms with Gasteiger partial charge in [0.15, 0.2) is 5.76 Å². The van der Waals surface area contributed by atoms with Crippen molar-refractivity contribution in [3.63, 3.8) is 0 Å². The van der Waals surface area contributed by atoms with Crippen LogP contribution in [0.3, 0.4) is 0 Å². The molecule has 0 aromatic carbocycles. The van der Waals surface area contributed by atoms with E-state index in [4.69, 9.17) is 15.9 Å². The van der Waals surface area contributed by atoms with E-state index in [0.717, 1.165) is 4.47 Å². The van der Waals surface area contributed by atoms with E-state index in [0.29, 0.717) is 17.3 Å². The molecule has 0 spiro atoms. The van der Waals surface area contributed by atoms with Crippen LogP contribution >= 0.6 is 15.9 Å². The number of nitrogen functional groups attached to an aromatic ring is 2. The summed E-state index contributed by atoms with van der Waals surface area (Å²) in [7, 11) is 0. The lowest BCUT2D eigenvalue weighted by molar-refractivity contribution is 0.579. The van der Waals surface area contributed by atoms with Gasteiger partial charge in [-0.15, -0.1) is 0 Å². The molecule has 0 radical (unpaired) electrons. The van der Waals surface area contributed by atoms with Crippen molar-refractivity contribution in [2.75, 3.05) is 11.5 Å². The minimum atomic E-state index is 0.128. The molecule has 72 valence electrons. The van der Waals surface area contributed by atoms with E-state index in [9.17, 15) is 0 Å². The highest BCUT2D eigenvalue weighted by Crippen LogP contribution is 2.28. The van der Waals surface area contributed by atoms with Gasteiger partial charge in [0.2, 0.25) is 5.95 Å². The second-order valence-corrected chi connectivity index (χ2v) is 3.49. The Labute approximate surface area is 88.3 Å². The van der Waals surface area contributed by atoms with Crippen LogP contribution in [0.2, 0.25) is 0 Å². The van der Waals surface area contributed by atoms with E-state index in [1.807, 2.05) is 0 Å². The fourth-order valence-corrected chi connectivity index (χ4v) is 1.48. The lowest BCUT2D eigenvalue weighted by Crippen LogP contribution is -2.00. The summed E-state index contributed by atoms with van der Waals surface area (Å²) in [6.45, 7) is 0. The van der Waals surface area contributed by atoms with Crippen molar-refractivity contribution < 1.29 is 4.42 Å². The summed E-state index contributed by atoms with van der Waals surface area (Å²) in [5.41, 5.74) is 11.5. The van der Waals surface area contributed by atoms with Gasteiger partial charge in [0.1, 0.15) is 11.5 Å². The molecule has 0 aliphatic heterocycles. The molecule has 2 aromatic heterocycles. The highest BCUT2D eigenvalue weighted by Gasteiger charge is 2.09. The van der Waals surface area contributed by atoms with Crippen LogP contribution in [-0.4, -0.2) is 9.97 Å². The van der Waals surface area contributed by atoms with Crippen LogP contribution in [-0.2, 0) is 0 Å². The van der Waals surface area contributed by atoms with Crippen LogP contribution in [0.4, 0.5) is 11.8 Å². The summed E-state index contributed by atoms with van der Waals surface area (Å²) in [6.07, 6.45) is 1.55. The highest BCUT2D eigenvalue weighted by molar-refractivity contribution is 9.10. The van der Waals surface area contributed by atoms with Gasteiger partial charge in [-0.2, -0.15) is 4.98 Å². The molecular weight excluding hydrogens is 248 g/mol. The molecule has 4 N–H and O–H groups in total. The first-order valence-corrected chi connectivity index (χ1v) is 4.59. The van der Waals surface area contributed by atoms with E-state index in [1.165, 1.54) is 0 Å². The molecule has 6 heteroatoms. The topological polar surface area (TPSA) is 91.0 Å². The Morgan fingerprint density at radius 3 is 2.64 bits per heavy atom. The molecule has 0 aliphatic rings. The summed E-state index contributed by atoms with van der Waals surface area (Å²) in [6, 6.07) is 3.36. The zero-order chi connectivity index (χ0) is 10.1. The third-order valence-corrected chi connectivity index (χ3v) is 2.24. The summed E-state index contributed by atoms with van der Waals surface area (Å²) < 4.78 is 6.01. The lowest BCUT2D eigenvalue weighted by atomic mass is 10.3. The van der Waals surface area contributed by atoms with Crippen molar-refractivity contribution in [3.05, 3.63) is 22.9 Å². The zero-order valence-corrected chi connectivity index (χ0v) is 8.65. The van der Waals surface area contributed by atoms with Gasteiger partial charge in [0.05, 0.1) is 10.7 Å². The molecule has 0 aliphatic carbocycles. The summed E-state index contributed by atoms with van der Waals surface area (Å²) >= 11 is 3.32. The number of furan rings is 1. The maximum absolute atomic E-state index is 5.53.